The van der Waals surface area contributed by atoms with E-state index in [0.717, 1.165) is 48.4 Å². The molecule has 1 aromatic carbocycles. The third-order valence-electron chi connectivity index (χ3n) is 4.71. The van der Waals surface area contributed by atoms with Crippen molar-refractivity contribution in [1.29, 1.82) is 0 Å². The number of benzene rings is 1. The minimum atomic E-state index is 0.0299. The van der Waals surface area contributed by atoms with E-state index in [1.807, 2.05) is 38.2 Å². The first kappa shape index (κ1) is 18.3. The van der Waals surface area contributed by atoms with Crippen molar-refractivity contribution < 1.29 is 14.3 Å². The molecule has 0 aliphatic heterocycles. The van der Waals surface area contributed by atoms with Crippen LogP contribution in [0.25, 0.3) is 0 Å². The number of hydrogen-bond donors (Lipinski definition) is 2. The zero-order chi connectivity index (χ0) is 18.4. The fourth-order valence-corrected chi connectivity index (χ4v) is 3.36. The highest BCUT2D eigenvalue weighted by Crippen LogP contribution is 2.28. The maximum atomic E-state index is 12.4. The summed E-state index contributed by atoms with van der Waals surface area (Å²) in [7, 11) is 0. The highest BCUT2D eigenvalue weighted by atomic mass is 16.5. The zero-order valence-corrected chi connectivity index (χ0v) is 15.5. The molecule has 0 fully saturated rings. The first-order chi connectivity index (χ1) is 12.7. The Morgan fingerprint density at radius 2 is 2.08 bits per heavy atom. The Balaban J connectivity index is 1.51. The predicted molar refractivity (Wildman–Crippen MR) is 99.6 cm³/mol. The SMILES string of the molecule is CCOc1ccc(CCNC(=O)[C@@H]2CCc3cn[nH]c3C2)cc1OCC. The van der Waals surface area contributed by atoms with Crippen molar-refractivity contribution >= 4 is 5.91 Å². The topological polar surface area (TPSA) is 76.2 Å². The number of nitrogens with one attached hydrogen (secondary N) is 2. The van der Waals surface area contributed by atoms with Crippen LogP contribution in [0, 0.1) is 5.92 Å². The molecule has 0 radical (unpaired) electrons. The van der Waals surface area contributed by atoms with Crippen molar-refractivity contribution in [3.05, 3.63) is 41.2 Å². The first-order valence-corrected chi connectivity index (χ1v) is 9.38. The fourth-order valence-electron chi connectivity index (χ4n) is 3.36. The number of H-pyrrole nitrogens is 1. The van der Waals surface area contributed by atoms with Gasteiger partial charge in [0.15, 0.2) is 11.5 Å². The van der Waals surface area contributed by atoms with Crippen molar-refractivity contribution in [2.45, 2.75) is 39.5 Å². The summed E-state index contributed by atoms with van der Waals surface area (Å²) >= 11 is 0. The van der Waals surface area contributed by atoms with E-state index in [9.17, 15) is 4.79 Å². The van der Waals surface area contributed by atoms with Crippen LogP contribution in [0.3, 0.4) is 0 Å². The van der Waals surface area contributed by atoms with Gasteiger partial charge < -0.3 is 14.8 Å². The van der Waals surface area contributed by atoms with E-state index in [-0.39, 0.29) is 11.8 Å². The molecule has 0 bridgehead atoms. The van der Waals surface area contributed by atoms with Crippen molar-refractivity contribution in [3.8, 4) is 11.5 Å². The molecule has 2 aromatic rings. The number of nitrogens with zero attached hydrogens (tertiary/aromatic N) is 1. The Morgan fingerprint density at radius 1 is 1.27 bits per heavy atom. The monoisotopic (exact) mass is 357 g/mol. The van der Waals surface area contributed by atoms with E-state index in [0.29, 0.717) is 19.8 Å². The van der Waals surface area contributed by atoms with E-state index < -0.39 is 0 Å². The molecule has 1 heterocycles. The van der Waals surface area contributed by atoms with Crippen LogP contribution in [0.2, 0.25) is 0 Å². The van der Waals surface area contributed by atoms with E-state index in [1.165, 1.54) is 5.56 Å². The fraction of sp³-hybridized carbons (Fsp3) is 0.500. The maximum absolute atomic E-state index is 12.4. The average Bonchev–Trinajstić information content (AvgIpc) is 3.12. The lowest BCUT2D eigenvalue weighted by atomic mass is 9.87. The third-order valence-corrected chi connectivity index (χ3v) is 4.71. The van der Waals surface area contributed by atoms with Crippen LogP contribution in [0.5, 0.6) is 11.5 Å². The predicted octanol–water partition coefficient (Wildman–Crippen LogP) is 2.67. The number of aromatic amines is 1. The number of aromatic nitrogens is 2. The molecule has 26 heavy (non-hydrogen) atoms. The molecule has 1 amide bonds. The van der Waals surface area contributed by atoms with Crippen molar-refractivity contribution in [2.24, 2.45) is 5.92 Å². The molecule has 0 saturated carbocycles. The number of amides is 1. The molecule has 140 valence electrons. The smallest absolute Gasteiger partial charge is 0.223 e. The molecular weight excluding hydrogens is 330 g/mol. The molecule has 0 unspecified atom stereocenters. The standard InChI is InChI=1S/C20H27N3O3/c1-3-25-18-8-5-14(11-19(18)26-4-2)9-10-21-20(24)15-6-7-16-13-22-23-17(16)12-15/h5,8,11,13,15H,3-4,6-7,9-10,12H2,1-2H3,(H,21,24)(H,22,23)/t15-/m1/s1. The van der Waals surface area contributed by atoms with Gasteiger partial charge in [-0.1, -0.05) is 6.07 Å². The largest absolute Gasteiger partial charge is 0.490 e. The molecule has 6 heteroatoms. The molecule has 1 aliphatic carbocycles. The maximum Gasteiger partial charge on any atom is 0.223 e. The van der Waals surface area contributed by atoms with E-state index in [2.05, 4.69) is 15.5 Å². The molecule has 0 spiro atoms. The van der Waals surface area contributed by atoms with Gasteiger partial charge in [0.05, 0.1) is 19.4 Å². The van der Waals surface area contributed by atoms with Crippen LogP contribution in [0.15, 0.2) is 24.4 Å². The summed E-state index contributed by atoms with van der Waals surface area (Å²) in [6, 6.07) is 5.96. The van der Waals surface area contributed by atoms with Gasteiger partial charge in [-0.3, -0.25) is 9.89 Å². The van der Waals surface area contributed by atoms with Crippen LogP contribution in [0.1, 0.15) is 37.1 Å². The molecule has 1 aromatic heterocycles. The number of ether oxygens (including phenoxy) is 2. The molecule has 1 atom stereocenters. The second kappa shape index (κ2) is 8.74. The summed E-state index contributed by atoms with van der Waals surface area (Å²) in [6.07, 6.45) is 5.18. The summed E-state index contributed by atoms with van der Waals surface area (Å²) in [5.41, 5.74) is 3.47. The molecule has 1 aliphatic rings. The lowest BCUT2D eigenvalue weighted by molar-refractivity contribution is -0.125. The number of fused-ring (bicyclic) bond motifs is 1. The third kappa shape index (κ3) is 4.36. The Labute approximate surface area is 154 Å². The van der Waals surface area contributed by atoms with Crippen LogP contribution in [-0.4, -0.2) is 35.9 Å². The molecule has 0 saturated heterocycles. The van der Waals surface area contributed by atoms with Crippen LogP contribution < -0.4 is 14.8 Å². The van der Waals surface area contributed by atoms with Crippen molar-refractivity contribution in [2.75, 3.05) is 19.8 Å². The quantitative estimate of drug-likeness (QED) is 0.762. The van der Waals surface area contributed by atoms with Crippen LogP contribution >= 0.6 is 0 Å². The minimum absolute atomic E-state index is 0.0299. The van der Waals surface area contributed by atoms with E-state index in [4.69, 9.17) is 9.47 Å². The summed E-state index contributed by atoms with van der Waals surface area (Å²) in [5, 5.41) is 10.1. The Hall–Kier alpha value is -2.50. The van der Waals surface area contributed by atoms with E-state index >= 15 is 0 Å². The molecular formula is C20H27N3O3. The lowest BCUT2D eigenvalue weighted by Crippen LogP contribution is -2.35. The summed E-state index contributed by atoms with van der Waals surface area (Å²) < 4.78 is 11.2. The summed E-state index contributed by atoms with van der Waals surface area (Å²) in [6.45, 7) is 5.73. The van der Waals surface area contributed by atoms with Crippen LogP contribution in [-0.2, 0) is 24.1 Å². The summed E-state index contributed by atoms with van der Waals surface area (Å²) in [4.78, 5) is 12.4. The van der Waals surface area contributed by atoms with Gasteiger partial charge in [0.2, 0.25) is 5.91 Å². The van der Waals surface area contributed by atoms with Crippen molar-refractivity contribution in [1.82, 2.24) is 15.5 Å². The normalized spacial score (nSPS) is 16.0. The van der Waals surface area contributed by atoms with Gasteiger partial charge >= 0.3 is 0 Å². The number of carbonyl (C=O) groups excluding carboxylic acids is 1. The molecule has 2 N–H and O–H groups in total. The lowest BCUT2D eigenvalue weighted by Gasteiger charge is -2.21. The van der Waals surface area contributed by atoms with Gasteiger partial charge in [0.1, 0.15) is 0 Å². The molecule has 3 rings (SSSR count). The van der Waals surface area contributed by atoms with E-state index in [1.54, 1.807) is 0 Å². The Kier molecular flexibility index (Phi) is 6.15. The van der Waals surface area contributed by atoms with Gasteiger partial charge in [-0.15, -0.1) is 0 Å². The molecule has 6 nitrogen and oxygen atoms in total. The highest BCUT2D eigenvalue weighted by Gasteiger charge is 2.25. The number of carbonyl (C=O) groups is 1. The Bertz CT molecular complexity index is 742. The summed E-state index contributed by atoms with van der Waals surface area (Å²) in [5.74, 6) is 1.68. The van der Waals surface area contributed by atoms with Gasteiger partial charge in [0, 0.05) is 24.6 Å². The Morgan fingerprint density at radius 3 is 2.88 bits per heavy atom. The zero-order valence-electron chi connectivity index (χ0n) is 15.5. The minimum Gasteiger partial charge on any atom is -0.490 e. The number of aryl methyl sites for hydroxylation is 1. The second-order valence-electron chi connectivity index (χ2n) is 6.50. The van der Waals surface area contributed by atoms with Crippen molar-refractivity contribution in [3.63, 3.8) is 0 Å². The number of rotatable bonds is 8. The van der Waals surface area contributed by atoms with Crippen LogP contribution in [0.4, 0.5) is 0 Å². The first-order valence-electron chi connectivity index (χ1n) is 9.38. The number of hydrogen-bond acceptors (Lipinski definition) is 4. The van der Waals surface area contributed by atoms with Gasteiger partial charge in [-0.05, 0) is 56.4 Å². The second-order valence-corrected chi connectivity index (χ2v) is 6.50. The van der Waals surface area contributed by atoms with Gasteiger partial charge in [-0.2, -0.15) is 5.10 Å². The van der Waals surface area contributed by atoms with Gasteiger partial charge in [0.25, 0.3) is 0 Å². The average molecular weight is 357 g/mol. The highest BCUT2D eigenvalue weighted by molar-refractivity contribution is 5.79. The van der Waals surface area contributed by atoms with Gasteiger partial charge in [-0.25, -0.2) is 0 Å².